The van der Waals surface area contributed by atoms with Gasteiger partial charge in [0.25, 0.3) is 0 Å². The number of hydrogen-bond acceptors (Lipinski definition) is 3. The van der Waals surface area contributed by atoms with Crippen molar-refractivity contribution in [3.8, 4) is 0 Å². The van der Waals surface area contributed by atoms with Crippen LogP contribution >= 0.6 is 0 Å². The van der Waals surface area contributed by atoms with Gasteiger partial charge in [-0.15, -0.1) is 0 Å². The number of benzene rings is 2. The summed E-state index contributed by atoms with van der Waals surface area (Å²) in [6.07, 6.45) is 2.67. The first kappa shape index (κ1) is 20.8. The maximum Gasteiger partial charge on any atom is 0.414 e. The molecule has 0 fully saturated rings. The monoisotopic (exact) mass is 390 g/mol. The SMILES string of the molecule is CC1Cc2ccccc2N(C(=O)OC(C)(C)C)C1.Cc1cnc2ccccc2c1. The molecule has 0 aliphatic carbocycles. The Morgan fingerprint density at radius 2 is 1.79 bits per heavy atom. The van der Waals surface area contributed by atoms with Crippen molar-refractivity contribution >= 4 is 22.7 Å². The summed E-state index contributed by atoms with van der Waals surface area (Å²) in [6.45, 7) is 10.6. The van der Waals surface area contributed by atoms with E-state index in [4.69, 9.17) is 4.74 Å². The van der Waals surface area contributed by atoms with Crippen molar-refractivity contribution in [2.24, 2.45) is 5.92 Å². The summed E-state index contributed by atoms with van der Waals surface area (Å²) in [4.78, 5) is 18.3. The van der Waals surface area contributed by atoms with Crippen LogP contribution in [0.15, 0.2) is 60.8 Å². The molecule has 4 rings (SSSR count). The summed E-state index contributed by atoms with van der Waals surface area (Å²) in [5.74, 6) is 0.465. The van der Waals surface area contributed by atoms with Crippen LogP contribution in [0.3, 0.4) is 0 Å². The summed E-state index contributed by atoms with van der Waals surface area (Å²) in [5.41, 5.74) is 4.04. The molecular formula is C25H30N2O2. The Morgan fingerprint density at radius 3 is 2.55 bits per heavy atom. The third kappa shape index (κ3) is 5.57. The lowest BCUT2D eigenvalue weighted by Gasteiger charge is -2.34. The normalized spacial score (nSPS) is 15.9. The highest BCUT2D eigenvalue weighted by Gasteiger charge is 2.29. The van der Waals surface area contributed by atoms with Crippen LogP contribution < -0.4 is 4.90 Å². The van der Waals surface area contributed by atoms with E-state index in [9.17, 15) is 4.79 Å². The van der Waals surface area contributed by atoms with E-state index in [1.54, 1.807) is 4.90 Å². The van der Waals surface area contributed by atoms with Crippen molar-refractivity contribution in [2.75, 3.05) is 11.4 Å². The fourth-order valence-corrected chi connectivity index (χ4v) is 3.47. The zero-order chi connectivity index (χ0) is 21.0. The molecule has 1 amide bonds. The highest BCUT2D eigenvalue weighted by Crippen LogP contribution is 2.30. The van der Waals surface area contributed by atoms with Crippen molar-refractivity contribution < 1.29 is 9.53 Å². The highest BCUT2D eigenvalue weighted by atomic mass is 16.6. The van der Waals surface area contributed by atoms with Crippen LogP contribution in [0.4, 0.5) is 10.5 Å². The highest BCUT2D eigenvalue weighted by molar-refractivity contribution is 5.89. The topological polar surface area (TPSA) is 42.4 Å². The summed E-state index contributed by atoms with van der Waals surface area (Å²) < 4.78 is 5.47. The molecule has 0 radical (unpaired) electrons. The second-order valence-corrected chi connectivity index (χ2v) is 8.73. The fourth-order valence-electron chi connectivity index (χ4n) is 3.47. The number of hydrogen-bond donors (Lipinski definition) is 0. The van der Waals surface area contributed by atoms with Gasteiger partial charge in [-0.3, -0.25) is 9.88 Å². The van der Waals surface area contributed by atoms with Crippen molar-refractivity contribution in [1.82, 2.24) is 4.98 Å². The molecule has 0 spiro atoms. The Labute approximate surface area is 173 Å². The first-order valence-corrected chi connectivity index (χ1v) is 10.1. The number of aryl methyl sites for hydroxylation is 1. The van der Waals surface area contributed by atoms with E-state index < -0.39 is 5.60 Å². The number of carbonyl (C=O) groups is 1. The summed E-state index contributed by atoms with van der Waals surface area (Å²) in [5, 5.41) is 1.22. The van der Waals surface area contributed by atoms with Gasteiger partial charge >= 0.3 is 6.09 Å². The number of anilines is 1. The van der Waals surface area contributed by atoms with Crippen LogP contribution in [-0.4, -0.2) is 23.2 Å². The predicted octanol–water partition coefficient (Wildman–Crippen LogP) is 6.16. The number of rotatable bonds is 0. The molecule has 2 aromatic carbocycles. The molecule has 1 atom stereocenters. The number of carbonyl (C=O) groups excluding carboxylic acids is 1. The van der Waals surface area contributed by atoms with Crippen molar-refractivity contribution in [2.45, 2.75) is 46.6 Å². The Morgan fingerprint density at radius 1 is 1.10 bits per heavy atom. The first-order chi connectivity index (χ1) is 13.7. The average Bonchev–Trinajstić information content (AvgIpc) is 2.66. The smallest absolute Gasteiger partial charge is 0.414 e. The zero-order valence-corrected chi connectivity index (χ0v) is 18.0. The zero-order valence-electron chi connectivity index (χ0n) is 18.0. The second-order valence-electron chi connectivity index (χ2n) is 8.73. The van der Waals surface area contributed by atoms with Crippen LogP contribution in [0.5, 0.6) is 0 Å². The average molecular weight is 391 g/mol. The minimum Gasteiger partial charge on any atom is -0.443 e. The van der Waals surface area contributed by atoms with Crippen LogP contribution in [0.2, 0.25) is 0 Å². The van der Waals surface area contributed by atoms with Gasteiger partial charge in [-0.2, -0.15) is 0 Å². The maximum atomic E-state index is 12.2. The Bertz CT molecular complexity index is 991. The molecule has 29 heavy (non-hydrogen) atoms. The van der Waals surface area contributed by atoms with E-state index in [1.165, 1.54) is 16.5 Å². The minimum absolute atomic E-state index is 0.249. The van der Waals surface area contributed by atoms with Gasteiger partial charge in [0.05, 0.1) is 11.2 Å². The molecular weight excluding hydrogens is 360 g/mol. The van der Waals surface area contributed by atoms with Crippen molar-refractivity contribution in [1.29, 1.82) is 0 Å². The Kier molecular flexibility index (Phi) is 6.21. The van der Waals surface area contributed by atoms with E-state index in [-0.39, 0.29) is 6.09 Å². The fraction of sp³-hybridized carbons (Fsp3) is 0.360. The van der Waals surface area contributed by atoms with Crippen molar-refractivity contribution in [3.05, 3.63) is 71.9 Å². The van der Waals surface area contributed by atoms with Crippen molar-refractivity contribution in [3.63, 3.8) is 0 Å². The van der Waals surface area contributed by atoms with Crippen LogP contribution in [0, 0.1) is 12.8 Å². The van der Waals surface area contributed by atoms with Gasteiger partial charge < -0.3 is 4.74 Å². The molecule has 4 nitrogen and oxygen atoms in total. The van der Waals surface area contributed by atoms with Gasteiger partial charge in [0.15, 0.2) is 0 Å². The third-order valence-electron chi connectivity index (χ3n) is 4.69. The molecule has 1 aromatic heterocycles. The van der Waals surface area contributed by atoms with Crippen LogP contribution in [0.25, 0.3) is 10.9 Å². The molecule has 1 aliphatic heterocycles. The summed E-state index contributed by atoms with van der Waals surface area (Å²) in [6, 6.07) is 18.3. The van der Waals surface area contributed by atoms with E-state index in [2.05, 4.69) is 37.0 Å². The molecule has 152 valence electrons. The third-order valence-corrected chi connectivity index (χ3v) is 4.69. The van der Waals surface area contributed by atoms with E-state index in [0.29, 0.717) is 5.92 Å². The summed E-state index contributed by atoms with van der Waals surface area (Å²) in [7, 11) is 0. The van der Waals surface area contributed by atoms with Gasteiger partial charge in [0.1, 0.15) is 5.60 Å². The number of nitrogens with zero attached hydrogens (tertiary/aromatic N) is 2. The molecule has 4 heteroatoms. The Hall–Kier alpha value is -2.88. The standard InChI is InChI=1S/C15H21NO2.C10H9N/c1-11-9-12-7-5-6-8-13(12)16(10-11)14(17)18-15(2,3)4;1-8-6-9-4-2-3-5-10(9)11-7-8/h5-8,11H,9-10H2,1-4H3;2-7H,1H3. The largest absolute Gasteiger partial charge is 0.443 e. The van der Waals surface area contributed by atoms with Gasteiger partial charge in [-0.1, -0.05) is 43.3 Å². The van der Waals surface area contributed by atoms with Gasteiger partial charge in [0.2, 0.25) is 0 Å². The number of aromatic nitrogens is 1. The van der Waals surface area contributed by atoms with Gasteiger partial charge in [-0.25, -0.2) is 4.79 Å². The van der Waals surface area contributed by atoms with Crippen LogP contribution in [-0.2, 0) is 11.2 Å². The lowest BCUT2D eigenvalue weighted by molar-refractivity contribution is 0.0572. The van der Waals surface area contributed by atoms with Crippen LogP contribution in [0.1, 0.15) is 38.8 Å². The lowest BCUT2D eigenvalue weighted by atomic mass is 9.94. The van der Waals surface area contributed by atoms with Gasteiger partial charge in [0, 0.05) is 18.1 Å². The first-order valence-electron chi connectivity index (χ1n) is 10.1. The van der Waals surface area contributed by atoms with E-state index in [1.807, 2.05) is 63.4 Å². The molecule has 1 unspecified atom stereocenters. The lowest BCUT2D eigenvalue weighted by Crippen LogP contribution is -2.42. The molecule has 1 aliphatic rings. The number of fused-ring (bicyclic) bond motifs is 2. The predicted molar refractivity (Wildman–Crippen MR) is 119 cm³/mol. The summed E-state index contributed by atoms with van der Waals surface area (Å²) >= 11 is 0. The molecule has 0 bridgehead atoms. The maximum absolute atomic E-state index is 12.2. The molecule has 2 heterocycles. The molecule has 0 saturated heterocycles. The van der Waals surface area contributed by atoms with Gasteiger partial charge in [-0.05, 0) is 69.4 Å². The second kappa shape index (κ2) is 8.64. The Balaban J connectivity index is 0.000000186. The number of para-hydroxylation sites is 2. The molecule has 3 aromatic rings. The molecule has 0 saturated carbocycles. The number of amides is 1. The number of ether oxygens (including phenoxy) is 1. The molecule has 0 N–H and O–H groups in total. The minimum atomic E-state index is -0.452. The quantitative estimate of drug-likeness (QED) is 0.461. The van der Waals surface area contributed by atoms with E-state index in [0.717, 1.165) is 24.2 Å². The van der Waals surface area contributed by atoms with E-state index >= 15 is 0 Å². The number of pyridine rings is 1.